The highest BCUT2D eigenvalue weighted by molar-refractivity contribution is 8.00. The van der Waals surface area contributed by atoms with Crippen LogP contribution in [-0.2, 0) is 10.5 Å². The molecule has 3 aromatic rings. The van der Waals surface area contributed by atoms with Crippen LogP contribution >= 0.6 is 23.1 Å². The number of hydrogen-bond acceptors (Lipinski definition) is 9. The number of ether oxygens (including phenoxy) is 4. The van der Waals surface area contributed by atoms with Gasteiger partial charge in [0.05, 0.1) is 38.9 Å². The maximum Gasteiger partial charge on any atom is 0.262 e. The number of carbonyl (C=O) groups is 1. The summed E-state index contributed by atoms with van der Waals surface area (Å²) in [5, 5.41) is 4.78. The highest BCUT2D eigenvalue weighted by atomic mass is 32.2. The number of nitrogens with zero attached hydrogens (tertiary/aromatic N) is 2. The summed E-state index contributed by atoms with van der Waals surface area (Å²) in [6, 6.07) is 6.90. The molecule has 0 saturated heterocycles. The number of benzene rings is 1. The van der Waals surface area contributed by atoms with E-state index < -0.39 is 0 Å². The van der Waals surface area contributed by atoms with Crippen molar-refractivity contribution in [1.29, 1.82) is 0 Å². The van der Waals surface area contributed by atoms with Crippen LogP contribution in [0.5, 0.6) is 23.0 Å². The number of carbonyl (C=O) groups excluding carboxylic acids is 1. The molecule has 0 aliphatic rings. The average Bonchev–Trinajstić information content (AvgIpc) is 3.21. The van der Waals surface area contributed by atoms with Gasteiger partial charge in [-0.3, -0.25) is 9.78 Å². The third kappa shape index (κ3) is 6.25. The molecule has 1 aromatic carbocycles. The lowest BCUT2D eigenvalue weighted by atomic mass is 10.2. The standard InChI is InChI=1S/C21H23N3O5S2/c1-13-11-30-21(23-13)31-12-14-7-18(19(28-4)9-22-14)29-10-20(25)24-16-6-5-15(26-2)8-17(16)27-3/h5-9,11H,10,12H2,1-4H3,(H,24,25). The first-order valence-electron chi connectivity index (χ1n) is 9.25. The minimum absolute atomic E-state index is 0.201. The lowest BCUT2D eigenvalue weighted by molar-refractivity contribution is -0.118. The number of amides is 1. The van der Waals surface area contributed by atoms with E-state index in [-0.39, 0.29) is 12.5 Å². The third-order valence-corrected chi connectivity index (χ3v) is 6.26. The first kappa shape index (κ1) is 22.7. The lowest BCUT2D eigenvalue weighted by Gasteiger charge is -2.13. The Morgan fingerprint density at radius 2 is 1.90 bits per heavy atom. The average molecular weight is 462 g/mol. The maximum absolute atomic E-state index is 12.4. The number of anilines is 1. The third-order valence-electron chi connectivity index (χ3n) is 4.09. The molecule has 0 unspecified atom stereocenters. The van der Waals surface area contributed by atoms with Crippen molar-refractivity contribution in [3.63, 3.8) is 0 Å². The van der Waals surface area contributed by atoms with Gasteiger partial charge >= 0.3 is 0 Å². The number of thioether (sulfide) groups is 1. The van der Waals surface area contributed by atoms with Gasteiger partial charge in [-0.05, 0) is 19.1 Å². The molecule has 10 heteroatoms. The zero-order valence-electron chi connectivity index (χ0n) is 17.6. The Morgan fingerprint density at radius 3 is 2.58 bits per heavy atom. The number of hydrogen-bond donors (Lipinski definition) is 1. The second-order valence-corrected chi connectivity index (χ2v) is 8.35. The van der Waals surface area contributed by atoms with E-state index in [0.29, 0.717) is 34.4 Å². The monoisotopic (exact) mass is 461 g/mol. The van der Waals surface area contributed by atoms with E-state index >= 15 is 0 Å². The molecule has 0 atom stereocenters. The zero-order valence-corrected chi connectivity index (χ0v) is 19.3. The summed E-state index contributed by atoms with van der Waals surface area (Å²) in [5.74, 6) is 2.31. The van der Waals surface area contributed by atoms with Crippen molar-refractivity contribution >= 4 is 34.7 Å². The molecule has 1 amide bonds. The fourth-order valence-electron chi connectivity index (χ4n) is 2.58. The Bertz CT molecular complexity index is 1040. The predicted molar refractivity (Wildman–Crippen MR) is 121 cm³/mol. The van der Waals surface area contributed by atoms with Crippen LogP contribution in [0.15, 0.2) is 40.2 Å². The zero-order chi connectivity index (χ0) is 22.2. The molecule has 2 heterocycles. The quantitative estimate of drug-likeness (QED) is 0.450. The van der Waals surface area contributed by atoms with E-state index in [0.717, 1.165) is 15.7 Å². The van der Waals surface area contributed by atoms with E-state index in [2.05, 4.69) is 15.3 Å². The molecule has 0 fully saturated rings. The summed E-state index contributed by atoms with van der Waals surface area (Å²) in [5.41, 5.74) is 2.32. The first-order chi connectivity index (χ1) is 15.0. The van der Waals surface area contributed by atoms with Crippen LogP contribution in [-0.4, -0.2) is 43.8 Å². The summed E-state index contributed by atoms with van der Waals surface area (Å²) in [7, 11) is 4.61. The van der Waals surface area contributed by atoms with Gasteiger partial charge in [0.1, 0.15) is 15.8 Å². The Morgan fingerprint density at radius 1 is 1.10 bits per heavy atom. The fourth-order valence-corrected chi connectivity index (χ4v) is 4.33. The van der Waals surface area contributed by atoms with Crippen molar-refractivity contribution in [2.45, 2.75) is 17.0 Å². The second kappa shape index (κ2) is 10.9. The molecular formula is C21H23N3O5S2. The number of aryl methyl sites for hydroxylation is 1. The number of aromatic nitrogens is 2. The van der Waals surface area contributed by atoms with Gasteiger partial charge in [-0.25, -0.2) is 4.98 Å². The van der Waals surface area contributed by atoms with Gasteiger partial charge in [-0.1, -0.05) is 11.8 Å². The summed E-state index contributed by atoms with van der Waals surface area (Å²) >= 11 is 3.19. The molecule has 0 spiro atoms. The van der Waals surface area contributed by atoms with Gasteiger partial charge in [0.25, 0.3) is 5.91 Å². The van der Waals surface area contributed by atoms with Crippen LogP contribution in [0, 0.1) is 6.92 Å². The van der Waals surface area contributed by atoms with Crippen molar-refractivity contribution in [2.24, 2.45) is 0 Å². The highest BCUT2D eigenvalue weighted by Gasteiger charge is 2.13. The molecule has 2 aromatic heterocycles. The van der Waals surface area contributed by atoms with Crippen molar-refractivity contribution < 1.29 is 23.7 Å². The summed E-state index contributed by atoms with van der Waals surface area (Å²) < 4.78 is 22.5. The fraction of sp³-hybridized carbons (Fsp3) is 0.286. The van der Waals surface area contributed by atoms with Gasteiger partial charge in [0.2, 0.25) is 0 Å². The van der Waals surface area contributed by atoms with Crippen molar-refractivity contribution in [3.8, 4) is 23.0 Å². The number of nitrogens with one attached hydrogen (secondary N) is 1. The predicted octanol–water partition coefficient (Wildman–Crippen LogP) is 4.18. The maximum atomic E-state index is 12.4. The smallest absolute Gasteiger partial charge is 0.262 e. The molecule has 1 N–H and O–H groups in total. The van der Waals surface area contributed by atoms with Crippen LogP contribution in [0.4, 0.5) is 5.69 Å². The Kier molecular flexibility index (Phi) is 7.96. The highest BCUT2D eigenvalue weighted by Crippen LogP contribution is 2.31. The van der Waals surface area contributed by atoms with Gasteiger partial charge in [0, 0.05) is 29.0 Å². The molecule has 8 nitrogen and oxygen atoms in total. The Labute approximate surface area is 188 Å². The normalized spacial score (nSPS) is 10.5. The van der Waals surface area contributed by atoms with Crippen molar-refractivity contribution in [3.05, 3.63) is 47.2 Å². The topological polar surface area (TPSA) is 91.8 Å². The molecule has 31 heavy (non-hydrogen) atoms. The minimum Gasteiger partial charge on any atom is -0.497 e. The van der Waals surface area contributed by atoms with E-state index in [1.807, 2.05) is 12.3 Å². The van der Waals surface area contributed by atoms with Crippen LogP contribution in [0.3, 0.4) is 0 Å². The molecular weight excluding hydrogens is 438 g/mol. The van der Waals surface area contributed by atoms with Gasteiger partial charge in [0.15, 0.2) is 18.1 Å². The van der Waals surface area contributed by atoms with Crippen molar-refractivity contribution in [2.75, 3.05) is 33.3 Å². The summed E-state index contributed by atoms with van der Waals surface area (Å²) in [6.07, 6.45) is 1.59. The lowest BCUT2D eigenvalue weighted by Crippen LogP contribution is -2.20. The summed E-state index contributed by atoms with van der Waals surface area (Å²) in [6.45, 7) is 1.76. The van der Waals surface area contributed by atoms with E-state index in [1.165, 1.54) is 14.2 Å². The number of rotatable bonds is 10. The summed E-state index contributed by atoms with van der Waals surface area (Å²) in [4.78, 5) is 21.2. The largest absolute Gasteiger partial charge is 0.497 e. The molecule has 0 saturated carbocycles. The van der Waals surface area contributed by atoms with Gasteiger partial charge < -0.3 is 24.3 Å². The van der Waals surface area contributed by atoms with Crippen LogP contribution < -0.4 is 24.3 Å². The SMILES string of the molecule is COc1ccc(NC(=O)COc2cc(CSc3nc(C)cs3)ncc2OC)c(OC)c1. The van der Waals surface area contributed by atoms with E-state index in [4.69, 9.17) is 18.9 Å². The Hall–Kier alpha value is -2.98. The molecule has 164 valence electrons. The first-order valence-corrected chi connectivity index (χ1v) is 11.1. The number of pyridine rings is 1. The number of methoxy groups -OCH3 is 3. The van der Waals surface area contributed by atoms with Crippen LogP contribution in [0.25, 0.3) is 0 Å². The van der Waals surface area contributed by atoms with E-state index in [1.54, 1.807) is 60.7 Å². The van der Waals surface area contributed by atoms with Crippen LogP contribution in [0.2, 0.25) is 0 Å². The molecule has 0 bridgehead atoms. The minimum atomic E-state index is -0.337. The van der Waals surface area contributed by atoms with Gasteiger partial charge in [-0.2, -0.15) is 0 Å². The molecule has 0 aliphatic carbocycles. The second-order valence-electron chi connectivity index (χ2n) is 6.27. The van der Waals surface area contributed by atoms with Gasteiger partial charge in [-0.15, -0.1) is 11.3 Å². The molecule has 0 aliphatic heterocycles. The number of thiazole rings is 1. The van der Waals surface area contributed by atoms with E-state index in [9.17, 15) is 4.79 Å². The van der Waals surface area contributed by atoms with Crippen molar-refractivity contribution in [1.82, 2.24) is 9.97 Å². The molecule has 3 rings (SSSR count). The Balaban J connectivity index is 1.62. The molecule has 0 radical (unpaired) electrons. The van der Waals surface area contributed by atoms with Crippen LogP contribution in [0.1, 0.15) is 11.4 Å².